The monoisotopic (exact) mass is 266 g/mol. The van der Waals surface area contributed by atoms with Crippen LogP contribution in [0.5, 0.6) is 10.9 Å². The molecule has 2 aromatic heterocycles. The fourth-order valence-electron chi connectivity index (χ4n) is 2.09. The second-order valence-electron chi connectivity index (χ2n) is 4.28. The van der Waals surface area contributed by atoms with Gasteiger partial charge < -0.3 is 9.72 Å². The van der Waals surface area contributed by atoms with E-state index in [4.69, 9.17) is 4.74 Å². The fraction of sp³-hybridized carbons (Fsp3) is 0. The van der Waals surface area contributed by atoms with Gasteiger partial charge in [-0.15, -0.1) is 0 Å². The summed E-state index contributed by atoms with van der Waals surface area (Å²) in [6.45, 7) is 0. The lowest BCUT2D eigenvalue weighted by atomic mass is 10.2. The van der Waals surface area contributed by atoms with Crippen LogP contribution < -0.4 is 4.74 Å². The van der Waals surface area contributed by atoms with Gasteiger partial charge in [0.15, 0.2) is 0 Å². The number of hydrogen-bond donors (Lipinski definition) is 1. The van der Waals surface area contributed by atoms with Crippen molar-refractivity contribution < 1.29 is 4.74 Å². The minimum Gasteiger partial charge on any atom is -0.431 e. The van der Waals surface area contributed by atoms with E-state index in [9.17, 15) is 0 Å². The SMILES string of the molecule is c1ccc2sc(Oc3ccc4[nH]ccc4c3)nc2c1. The van der Waals surface area contributed by atoms with E-state index in [1.165, 1.54) is 0 Å². The largest absolute Gasteiger partial charge is 0.431 e. The van der Waals surface area contributed by atoms with Crippen molar-refractivity contribution >= 4 is 32.5 Å². The van der Waals surface area contributed by atoms with Crippen molar-refractivity contribution in [1.29, 1.82) is 0 Å². The summed E-state index contributed by atoms with van der Waals surface area (Å²) < 4.78 is 6.97. The number of rotatable bonds is 2. The number of hydrogen-bond acceptors (Lipinski definition) is 3. The van der Waals surface area contributed by atoms with Crippen molar-refractivity contribution in [3.05, 3.63) is 54.7 Å². The summed E-state index contributed by atoms with van der Waals surface area (Å²) in [6, 6.07) is 16.0. The maximum atomic E-state index is 5.83. The van der Waals surface area contributed by atoms with Crippen LogP contribution in [0, 0.1) is 0 Å². The second-order valence-corrected chi connectivity index (χ2v) is 5.27. The molecule has 0 bridgehead atoms. The molecular weight excluding hydrogens is 256 g/mol. The molecule has 4 heteroatoms. The van der Waals surface area contributed by atoms with Gasteiger partial charge in [0.1, 0.15) is 5.75 Å². The van der Waals surface area contributed by atoms with E-state index in [1.807, 2.05) is 48.7 Å². The molecule has 1 N–H and O–H groups in total. The Bertz CT molecular complexity index is 829. The second kappa shape index (κ2) is 4.10. The number of H-pyrrole nitrogens is 1. The highest BCUT2D eigenvalue weighted by atomic mass is 32.1. The van der Waals surface area contributed by atoms with E-state index in [0.29, 0.717) is 5.19 Å². The molecule has 0 radical (unpaired) electrons. The smallest absolute Gasteiger partial charge is 0.279 e. The molecule has 0 aliphatic carbocycles. The lowest BCUT2D eigenvalue weighted by Crippen LogP contribution is -1.82. The summed E-state index contributed by atoms with van der Waals surface area (Å²) in [4.78, 5) is 7.63. The van der Waals surface area contributed by atoms with Gasteiger partial charge in [0.25, 0.3) is 5.19 Å². The van der Waals surface area contributed by atoms with Crippen LogP contribution in [0.15, 0.2) is 54.7 Å². The van der Waals surface area contributed by atoms with Crippen LogP contribution in [-0.4, -0.2) is 9.97 Å². The first-order valence-electron chi connectivity index (χ1n) is 5.99. The van der Waals surface area contributed by atoms with Crippen molar-refractivity contribution in [3.8, 4) is 10.9 Å². The van der Waals surface area contributed by atoms with Crippen LogP contribution in [0.2, 0.25) is 0 Å². The van der Waals surface area contributed by atoms with Crippen LogP contribution in [0.1, 0.15) is 0 Å². The van der Waals surface area contributed by atoms with Gasteiger partial charge in [0.05, 0.1) is 10.2 Å². The van der Waals surface area contributed by atoms with Crippen LogP contribution in [-0.2, 0) is 0 Å². The Morgan fingerprint density at radius 1 is 1.05 bits per heavy atom. The first-order valence-corrected chi connectivity index (χ1v) is 6.81. The molecule has 0 unspecified atom stereocenters. The van der Waals surface area contributed by atoms with Gasteiger partial charge in [-0.3, -0.25) is 0 Å². The third kappa shape index (κ3) is 1.86. The lowest BCUT2D eigenvalue weighted by molar-refractivity contribution is 0.481. The van der Waals surface area contributed by atoms with Gasteiger partial charge in [0, 0.05) is 17.1 Å². The molecule has 0 aliphatic rings. The number of nitrogens with one attached hydrogen (secondary N) is 1. The molecule has 0 amide bonds. The molecule has 0 aliphatic heterocycles. The number of para-hydroxylation sites is 1. The molecule has 2 aromatic carbocycles. The van der Waals surface area contributed by atoms with E-state index in [-0.39, 0.29) is 0 Å². The molecule has 4 rings (SSSR count). The average Bonchev–Trinajstić information content (AvgIpc) is 3.03. The first-order chi connectivity index (χ1) is 9.38. The minimum atomic E-state index is 0.677. The number of benzene rings is 2. The standard InChI is InChI=1S/C15H10N2OS/c1-2-4-14-13(3-1)17-15(19-14)18-11-5-6-12-10(9-11)7-8-16-12/h1-9,16H. The summed E-state index contributed by atoms with van der Waals surface area (Å²) in [5.41, 5.74) is 2.09. The van der Waals surface area contributed by atoms with Gasteiger partial charge in [0.2, 0.25) is 0 Å². The number of nitrogens with zero attached hydrogens (tertiary/aromatic N) is 1. The number of thiazole rings is 1. The zero-order valence-corrected chi connectivity index (χ0v) is 10.8. The van der Waals surface area contributed by atoms with Gasteiger partial charge in [-0.2, -0.15) is 0 Å². The van der Waals surface area contributed by atoms with Crippen LogP contribution in [0.4, 0.5) is 0 Å². The van der Waals surface area contributed by atoms with E-state index in [2.05, 4.69) is 16.0 Å². The highest BCUT2D eigenvalue weighted by Gasteiger charge is 2.06. The molecule has 0 spiro atoms. The Labute approximate surface area is 113 Å². The maximum Gasteiger partial charge on any atom is 0.279 e. The van der Waals surface area contributed by atoms with Gasteiger partial charge in [-0.1, -0.05) is 23.5 Å². The Morgan fingerprint density at radius 2 is 2.00 bits per heavy atom. The number of ether oxygens (including phenoxy) is 1. The van der Waals surface area contributed by atoms with Crippen molar-refractivity contribution in [1.82, 2.24) is 9.97 Å². The Balaban J connectivity index is 1.72. The molecule has 0 saturated heterocycles. The molecule has 4 aromatic rings. The number of aromatic amines is 1. The summed E-state index contributed by atoms with van der Waals surface area (Å²) in [5, 5.41) is 1.81. The van der Waals surface area contributed by atoms with Crippen molar-refractivity contribution in [2.24, 2.45) is 0 Å². The van der Waals surface area contributed by atoms with E-state index >= 15 is 0 Å². The molecule has 19 heavy (non-hydrogen) atoms. The van der Waals surface area contributed by atoms with Gasteiger partial charge in [-0.25, -0.2) is 4.98 Å². The highest BCUT2D eigenvalue weighted by Crippen LogP contribution is 2.32. The predicted octanol–water partition coefficient (Wildman–Crippen LogP) is 4.57. The normalized spacial score (nSPS) is 11.2. The lowest BCUT2D eigenvalue weighted by Gasteiger charge is -2.00. The van der Waals surface area contributed by atoms with E-state index in [0.717, 1.165) is 26.9 Å². The highest BCUT2D eigenvalue weighted by molar-refractivity contribution is 7.20. The van der Waals surface area contributed by atoms with Crippen LogP contribution >= 0.6 is 11.3 Å². The molecule has 0 atom stereocenters. The third-order valence-electron chi connectivity index (χ3n) is 3.00. The zero-order chi connectivity index (χ0) is 12.7. The molecule has 3 nitrogen and oxygen atoms in total. The summed E-state index contributed by atoms with van der Waals surface area (Å²) >= 11 is 1.56. The maximum absolute atomic E-state index is 5.83. The Kier molecular flexibility index (Phi) is 2.28. The summed E-state index contributed by atoms with van der Waals surface area (Å²) in [7, 11) is 0. The summed E-state index contributed by atoms with van der Waals surface area (Å²) in [5.74, 6) is 0.811. The number of aromatic nitrogens is 2. The predicted molar refractivity (Wildman–Crippen MR) is 78.0 cm³/mol. The fourth-order valence-corrected chi connectivity index (χ4v) is 2.93. The zero-order valence-electron chi connectivity index (χ0n) is 9.96. The van der Waals surface area contributed by atoms with E-state index in [1.54, 1.807) is 11.3 Å². The minimum absolute atomic E-state index is 0.677. The molecule has 0 saturated carbocycles. The van der Waals surface area contributed by atoms with Gasteiger partial charge >= 0.3 is 0 Å². The van der Waals surface area contributed by atoms with Gasteiger partial charge in [-0.05, 0) is 36.4 Å². The quantitative estimate of drug-likeness (QED) is 0.577. The Morgan fingerprint density at radius 3 is 2.95 bits per heavy atom. The molecule has 92 valence electrons. The van der Waals surface area contributed by atoms with Crippen molar-refractivity contribution in [2.75, 3.05) is 0 Å². The van der Waals surface area contributed by atoms with Crippen LogP contribution in [0.3, 0.4) is 0 Å². The van der Waals surface area contributed by atoms with E-state index < -0.39 is 0 Å². The first kappa shape index (κ1) is 10.6. The average molecular weight is 266 g/mol. The molecule has 2 heterocycles. The summed E-state index contributed by atoms with van der Waals surface area (Å²) in [6.07, 6.45) is 1.92. The third-order valence-corrected chi connectivity index (χ3v) is 3.92. The van der Waals surface area contributed by atoms with Crippen molar-refractivity contribution in [2.45, 2.75) is 0 Å². The Hall–Kier alpha value is -2.33. The van der Waals surface area contributed by atoms with Crippen molar-refractivity contribution in [3.63, 3.8) is 0 Å². The topological polar surface area (TPSA) is 37.9 Å². The molecular formula is C15H10N2OS. The number of fused-ring (bicyclic) bond motifs is 2. The van der Waals surface area contributed by atoms with Crippen LogP contribution in [0.25, 0.3) is 21.1 Å². The molecule has 0 fully saturated rings.